The van der Waals surface area contributed by atoms with Gasteiger partial charge in [-0.1, -0.05) is 176 Å². The Hall–Kier alpha value is -5.80. The zero-order chi connectivity index (χ0) is 34.2. The average Bonchev–Trinajstić information content (AvgIpc) is 3.60. The van der Waals surface area contributed by atoms with Crippen molar-refractivity contribution < 1.29 is 0 Å². The first-order chi connectivity index (χ1) is 25.8. The molecule has 0 amide bonds. The maximum atomic E-state index is 2.49. The molecule has 3 aliphatic carbocycles. The second kappa shape index (κ2) is 11.6. The molecule has 2 bridgehead atoms. The Bertz CT molecular complexity index is 2700. The van der Waals surface area contributed by atoms with E-state index in [1.165, 1.54) is 85.4 Å². The van der Waals surface area contributed by atoms with Crippen LogP contribution in [0.3, 0.4) is 0 Å². The molecule has 0 fully saturated rings. The van der Waals surface area contributed by atoms with E-state index in [0.717, 1.165) is 0 Å². The molecule has 0 spiro atoms. The molecule has 52 heavy (non-hydrogen) atoms. The van der Waals surface area contributed by atoms with Crippen LogP contribution in [0, 0.1) is 0 Å². The lowest BCUT2D eigenvalue weighted by Gasteiger charge is -2.47. The lowest BCUT2D eigenvalue weighted by molar-refractivity contribution is 0.760. The highest BCUT2D eigenvalue weighted by Gasteiger charge is 2.49. The van der Waals surface area contributed by atoms with Crippen molar-refractivity contribution in [3.05, 3.63) is 228 Å². The summed E-state index contributed by atoms with van der Waals surface area (Å²) in [5, 5.41) is 8.44. The van der Waals surface area contributed by atoms with Gasteiger partial charge in [-0.25, -0.2) is 0 Å². The van der Waals surface area contributed by atoms with E-state index < -0.39 is 8.07 Å². The third-order valence-electron chi connectivity index (χ3n) is 11.8. The van der Waals surface area contributed by atoms with Gasteiger partial charge in [0.2, 0.25) is 0 Å². The number of hydrogen-bond acceptors (Lipinski definition) is 1. The molecule has 0 saturated carbocycles. The molecule has 3 aliphatic rings. The summed E-state index contributed by atoms with van der Waals surface area (Å²) in [5.41, 5.74) is 11.5. The first kappa shape index (κ1) is 29.9. The van der Waals surface area contributed by atoms with Crippen molar-refractivity contribution in [3.8, 4) is 11.1 Å². The highest BCUT2D eigenvalue weighted by atomic mass is 32.1. The van der Waals surface area contributed by atoms with Crippen molar-refractivity contribution in [2.45, 2.75) is 11.8 Å². The maximum absolute atomic E-state index is 2.81. The summed E-state index contributed by atoms with van der Waals surface area (Å²) in [5.74, 6) is 0.280. The minimum Gasteiger partial charge on any atom is -0.135 e. The molecule has 1 heterocycles. The van der Waals surface area contributed by atoms with Gasteiger partial charge in [0.1, 0.15) is 0 Å². The Morgan fingerprint density at radius 3 is 1.56 bits per heavy atom. The van der Waals surface area contributed by atoms with E-state index in [0.29, 0.717) is 0 Å². The molecular weight excluding hydrogens is 661 g/mol. The standard InChI is InChI=1S/C50H34SSi/c1-4-16-34(17-5-1)52(35-18-6-2-7-19-35,36-20-8-3-9-21-36)46-29-15-27-42-47-39-23-10-11-24-40(39)50(49(42)46)48-37(25-14-26-41(47)48)33-30-31-45-43(32-33)38-22-12-13-28-44(38)51-45/h1-32,47,50H. The second-order valence-corrected chi connectivity index (χ2v) is 19.1. The molecule has 0 aliphatic heterocycles. The molecule has 0 N–H and O–H groups in total. The monoisotopic (exact) mass is 694 g/mol. The van der Waals surface area contributed by atoms with E-state index in [9.17, 15) is 0 Å². The van der Waals surface area contributed by atoms with Gasteiger partial charge in [0.25, 0.3) is 0 Å². The molecule has 0 nitrogen and oxygen atoms in total. The summed E-state index contributed by atoms with van der Waals surface area (Å²) in [7, 11) is -2.81. The summed E-state index contributed by atoms with van der Waals surface area (Å²) >= 11 is 1.89. The molecule has 0 radical (unpaired) electrons. The first-order valence-electron chi connectivity index (χ1n) is 18.3. The van der Waals surface area contributed by atoms with Crippen molar-refractivity contribution in [3.63, 3.8) is 0 Å². The topological polar surface area (TPSA) is 0 Å². The van der Waals surface area contributed by atoms with E-state index in [4.69, 9.17) is 0 Å². The molecule has 0 saturated heterocycles. The van der Waals surface area contributed by atoms with Gasteiger partial charge in [-0.05, 0) is 83.5 Å². The summed E-state index contributed by atoms with van der Waals surface area (Å²) in [6.45, 7) is 0. The highest BCUT2D eigenvalue weighted by molar-refractivity contribution is 7.25. The zero-order valence-electron chi connectivity index (χ0n) is 28.5. The van der Waals surface area contributed by atoms with Crippen LogP contribution in [0.2, 0.25) is 0 Å². The smallest absolute Gasteiger partial charge is 0.135 e. The molecular formula is C50H34SSi. The molecule has 12 rings (SSSR count). The van der Waals surface area contributed by atoms with Gasteiger partial charge in [0.15, 0.2) is 8.07 Å². The van der Waals surface area contributed by atoms with Gasteiger partial charge in [0, 0.05) is 32.0 Å². The molecule has 8 aromatic carbocycles. The van der Waals surface area contributed by atoms with Gasteiger partial charge in [0.05, 0.1) is 0 Å². The fourth-order valence-corrected chi connectivity index (χ4v) is 15.9. The minimum absolute atomic E-state index is 0.108. The summed E-state index contributed by atoms with van der Waals surface area (Å²) in [6.07, 6.45) is 0. The van der Waals surface area contributed by atoms with Crippen LogP contribution >= 0.6 is 11.3 Å². The van der Waals surface area contributed by atoms with Gasteiger partial charge < -0.3 is 0 Å². The number of benzene rings is 8. The molecule has 9 aromatic rings. The second-order valence-electron chi connectivity index (χ2n) is 14.3. The third kappa shape index (κ3) is 4.14. The Balaban J connectivity index is 1.24. The average molecular weight is 695 g/mol. The lowest BCUT2D eigenvalue weighted by atomic mass is 9.60. The molecule has 2 heteroatoms. The Labute approximate surface area is 309 Å². The lowest BCUT2D eigenvalue weighted by Crippen LogP contribution is -2.75. The van der Waals surface area contributed by atoms with Crippen LogP contribution in [0.15, 0.2) is 194 Å². The van der Waals surface area contributed by atoms with Crippen LogP contribution < -0.4 is 20.7 Å². The van der Waals surface area contributed by atoms with Crippen molar-refractivity contribution in [1.82, 2.24) is 0 Å². The number of thiophene rings is 1. The Morgan fingerprint density at radius 2 is 0.885 bits per heavy atom. The molecule has 2 unspecified atom stereocenters. The zero-order valence-corrected chi connectivity index (χ0v) is 30.4. The fourth-order valence-electron chi connectivity index (χ4n) is 9.81. The van der Waals surface area contributed by atoms with Crippen LogP contribution in [0.5, 0.6) is 0 Å². The van der Waals surface area contributed by atoms with E-state index in [-0.39, 0.29) is 11.8 Å². The SMILES string of the molecule is c1ccc([Si](c2ccccc2)(c2ccccc2)c2cccc3c2C2c4ccccc4C3c3cccc(-c4ccc5sc6ccccc6c5c4)c32)cc1. The Morgan fingerprint density at radius 1 is 0.365 bits per heavy atom. The van der Waals surface area contributed by atoms with E-state index in [1.807, 2.05) is 11.3 Å². The summed E-state index contributed by atoms with van der Waals surface area (Å²) in [4.78, 5) is 0. The van der Waals surface area contributed by atoms with E-state index in [2.05, 4.69) is 194 Å². The third-order valence-corrected chi connectivity index (χ3v) is 17.8. The predicted octanol–water partition coefficient (Wildman–Crippen LogP) is 10.1. The highest BCUT2D eigenvalue weighted by Crippen LogP contribution is 2.57. The number of rotatable bonds is 5. The van der Waals surface area contributed by atoms with Crippen LogP contribution in [0.4, 0.5) is 0 Å². The van der Waals surface area contributed by atoms with Gasteiger partial charge in [-0.3, -0.25) is 0 Å². The van der Waals surface area contributed by atoms with Crippen LogP contribution in [0.25, 0.3) is 31.3 Å². The van der Waals surface area contributed by atoms with Crippen molar-refractivity contribution >= 4 is 60.3 Å². The minimum atomic E-state index is -2.81. The fraction of sp³-hybridized carbons (Fsp3) is 0.0400. The Kier molecular flexibility index (Phi) is 6.67. The van der Waals surface area contributed by atoms with Crippen molar-refractivity contribution in [2.24, 2.45) is 0 Å². The van der Waals surface area contributed by atoms with Gasteiger partial charge in [-0.2, -0.15) is 0 Å². The van der Waals surface area contributed by atoms with Crippen LogP contribution in [-0.2, 0) is 0 Å². The first-order valence-corrected chi connectivity index (χ1v) is 21.1. The van der Waals surface area contributed by atoms with Gasteiger partial charge in [-0.15, -0.1) is 11.3 Å². The van der Waals surface area contributed by atoms with Gasteiger partial charge >= 0.3 is 0 Å². The predicted molar refractivity (Wildman–Crippen MR) is 223 cm³/mol. The number of hydrogen-bond donors (Lipinski definition) is 0. The van der Waals surface area contributed by atoms with Crippen molar-refractivity contribution in [2.75, 3.05) is 0 Å². The quantitative estimate of drug-likeness (QED) is 0.124. The molecule has 2 atom stereocenters. The normalized spacial score (nSPS) is 15.7. The maximum Gasteiger partial charge on any atom is 0.179 e. The molecule has 244 valence electrons. The molecule has 1 aromatic heterocycles. The largest absolute Gasteiger partial charge is 0.179 e. The van der Waals surface area contributed by atoms with E-state index in [1.54, 1.807) is 0 Å². The van der Waals surface area contributed by atoms with Crippen molar-refractivity contribution in [1.29, 1.82) is 0 Å². The van der Waals surface area contributed by atoms with Crippen LogP contribution in [0.1, 0.15) is 45.2 Å². The van der Waals surface area contributed by atoms with E-state index >= 15 is 0 Å². The van der Waals surface area contributed by atoms with Crippen LogP contribution in [-0.4, -0.2) is 8.07 Å². The summed E-state index contributed by atoms with van der Waals surface area (Å²) in [6, 6.07) is 73.9. The summed E-state index contributed by atoms with van der Waals surface area (Å²) < 4.78 is 2.69. The number of fused-ring (bicyclic) bond motifs is 3.